The fourth-order valence-electron chi connectivity index (χ4n) is 2.96. The van der Waals surface area contributed by atoms with Crippen LogP contribution in [-0.4, -0.2) is 62.4 Å². The summed E-state index contributed by atoms with van der Waals surface area (Å²) >= 11 is 0. The van der Waals surface area contributed by atoms with E-state index in [0.717, 1.165) is 26.7 Å². The molecule has 1 aliphatic heterocycles. The molecule has 1 aliphatic rings. The van der Waals surface area contributed by atoms with E-state index in [9.17, 15) is 23.6 Å². The topological polar surface area (TPSA) is 205 Å². The number of rotatable bonds is 16. The largest absolute Gasteiger partial charge is 0.566 e. The Morgan fingerprint density at radius 1 is 1.06 bits per heavy atom. The highest BCUT2D eigenvalue weighted by Gasteiger charge is 2.52. The molecule has 17 heteroatoms. The molecule has 0 bridgehead atoms. The number of phosphoric acid groups is 1. The summed E-state index contributed by atoms with van der Waals surface area (Å²) in [6, 6.07) is -1.55. The lowest BCUT2D eigenvalue weighted by Gasteiger charge is -2.41. The van der Waals surface area contributed by atoms with Gasteiger partial charge in [0.2, 0.25) is 6.29 Å². The molecule has 3 unspecified atom stereocenters. The second kappa shape index (κ2) is 16.2. The number of esters is 2. The zero-order valence-electron chi connectivity index (χ0n) is 20.0. The van der Waals surface area contributed by atoms with Crippen LogP contribution in [0, 0.1) is 0 Å². The summed E-state index contributed by atoms with van der Waals surface area (Å²) in [6.45, 7) is 5.47. The number of nitrogens with zero attached hydrogens (tertiary/aromatic N) is 3. The molecule has 1 saturated heterocycles. The number of phosphoric ester groups is 1. The maximum absolute atomic E-state index is 13.1. The van der Waals surface area contributed by atoms with Crippen LogP contribution in [0.25, 0.3) is 10.4 Å². The highest BCUT2D eigenvalue weighted by Crippen LogP contribution is 2.50. The Morgan fingerprint density at radius 2 is 1.60 bits per heavy atom. The van der Waals surface area contributed by atoms with Crippen LogP contribution >= 0.6 is 16.1 Å². The van der Waals surface area contributed by atoms with Gasteiger partial charge in [-0.2, -0.15) is 0 Å². The molecular weight excluding hydrogens is 512 g/mol. The third-order valence-electron chi connectivity index (χ3n) is 4.49. The molecule has 0 amide bonds. The Hall–Kier alpha value is -1.66. The van der Waals surface area contributed by atoms with Gasteiger partial charge in [0.25, 0.3) is 0 Å². The minimum absolute atomic E-state index is 0.0796. The molecule has 1 heterocycles. The van der Waals surface area contributed by atoms with Gasteiger partial charge in [-0.25, -0.2) is 4.57 Å². The Balaban J connectivity index is 3.26. The van der Waals surface area contributed by atoms with Gasteiger partial charge in [0.1, 0.15) is 12.1 Å². The first-order valence-corrected chi connectivity index (χ1v) is 13.5. The van der Waals surface area contributed by atoms with Gasteiger partial charge in [-0.15, -0.1) is 4.52 Å². The van der Waals surface area contributed by atoms with E-state index in [0.29, 0.717) is 12.8 Å². The smallest absolute Gasteiger partial charge is 0.491 e. The number of unbranched alkanes of at least 4 members (excludes halogenated alkanes) is 2. The maximum Gasteiger partial charge on any atom is 0.491 e. The first kappa shape index (κ1) is 31.4. The van der Waals surface area contributed by atoms with Crippen LogP contribution in [-0.2, 0) is 51.0 Å². The lowest BCUT2D eigenvalue weighted by molar-refractivity contribution is -0.266. The van der Waals surface area contributed by atoms with Crippen LogP contribution in [0.15, 0.2) is 5.11 Å². The number of carbonyl (C=O) groups is 2. The standard InChI is InChI=1S/C18H31N3O12P2/c1-5-7-9-27-35(26,28-10-8-6-2)29-11-14-16(30-12(3)22)17(31-13(4)23)15(20-21-19)18(32-14)33-34(24)25/h14-18H,5-11H2,1-4H3/t14?,15?,16-,17+,18-/m0/s1. The molecule has 15 nitrogen and oxygen atoms in total. The van der Waals surface area contributed by atoms with Crippen LogP contribution in [0.5, 0.6) is 0 Å². The zero-order chi connectivity index (χ0) is 26.4. The Bertz CT molecular complexity index is 796. The minimum Gasteiger partial charge on any atom is -0.566 e. The molecule has 0 aromatic heterocycles. The summed E-state index contributed by atoms with van der Waals surface area (Å²) in [4.78, 5) is 37.3. The number of carbonyl (C=O) groups excluding carboxylic acids is 2. The van der Waals surface area contributed by atoms with E-state index in [-0.39, 0.29) is 13.2 Å². The molecule has 0 aliphatic carbocycles. The number of ether oxygens (including phenoxy) is 3. The van der Waals surface area contributed by atoms with E-state index in [1.807, 2.05) is 13.8 Å². The first-order valence-electron chi connectivity index (χ1n) is 11.0. The van der Waals surface area contributed by atoms with Crippen molar-refractivity contribution in [1.29, 1.82) is 0 Å². The lowest BCUT2D eigenvalue weighted by atomic mass is 9.97. The summed E-state index contributed by atoms with van der Waals surface area (Å²) in [5.41, 5.74) is 8.93. The average molecular weight is 543 g/mol. The van der Waals surface area contributed by atoms with Gasteiger partial charge in [0.05, 0.1) is 19.8 Å². The second-order valence-corrected chi connectivity index (χ2v) is 9.66. The van der Waals surface area contributed by atoms with Crippen molar-refractivity contribution in [2.75, 3.05) is 19.8 Å². The molecule has 6 atom stereocenters. The quantitative estimate of drug-likeness (QED) is 0.0688. The number of hydrogen-bond acceptors (Lipinski definition) is 13. The van der Waals surface area contributed by atoms with E-state index in [2.05, 4.69) is 10.0 Å². The molecule has 0 spiro atoms. The van der Waals surface area contributed by atoms with Crippen molar-refractivity contribution in [3.05, 3.63) is 10.4 Å². The van der Waals surface area contributed by atoms with Crippen LogP contribution in [0.2, 0.25) is 0 Å². The van der Waals surface area contributed by atoms with Crippen LogP contribution < -0.4 is 4.89 Å². The molecule has 1 fully saturated rings. The fourth-order valence-corrected chi connectivity index (χ4v) is 4.56. The van der Waals surface area contributed by atoms with Crippen molar-refractivity contribution in [3.8, 4) is 0 Å². The molecule has 0 aromatic carbocycles. The van der Waals surface area contributed by atoms with Crippen LogP contribution in [0.1, 0.15) is 53.4 Å². The average Bonchev–Trinajstić information content (AvgIpc) is 2.76. The first-order chi connectivity index (χ1) is 16.6. The third kappa shape index (κ3) is 11.3. The van der Waals surface area contributed by atoms with Crippen LogP contribution in [0.4, 0.5) is 0 Å². The van der Waals surface area contributed by atoms with Crippen molar-refractivity contribution < 1.29 is 55.9 Å². The van der Waals surface area contributed by atoms with Gasteiger partial charge < -0.3 is 19.1 Å². The van der Waals surface area contributed by atoms with E-state index >= 15 is 0 Å². The van der Waals surface area contributed by atoms with Gasteiger partial charge in [-0.1, -0.05) is 31.8 Å². The van der Waals surface area contributed by atoms with E-state index in [1.54, 1.807) is 0 Å². The van der Waals surface area contributed by atoms with Gasteiger partial charge in [0, 0.05) is 18.8 Å². The lowest BCUT2D eigenvalue weighted by Crippen LogP contribution is -2.60. The van der Waals surface area contributed by atoms with Gasteiger partial charge in [-0.3, -0.25) is 23.2 Å². The molecule has 0 aromatic rings. The minimum atomic E-state index is -4.10. The molecule has 35 heavy (non-hydrogen) atoms. The van der Waals surface area contributed by atoms with Crippen molar-refractivity contribution in [2.24, 2.45) is 5.11 Å². The van der Waals surface area contributed by atoms with Crippen molar-refractivity contribution >= 4 is 28.0 Å². The summed E-state index contributed by atoms with van der Waals surface area (Å²) < 4.78 is 61.0. The van der Waals surface area contributed by atoms with Crippen molar-refractivity contribution in [3.63, 3.8) is 0 Å². The Labute approximate surface area is 203 Å². The summed E-state index contributed by atoms with van der Waals surface area (Å²) in [5, 5.41) is 3.40. The van der Waals surface area contributed by atoms with E-state index < -0.39 is 65.3 Å². The van der Waals surface area contributed by atoms with Crippen LogP contribution in [0.3, 0.4) is 0 Å². The van der Waals surface area contributed by atoms with Crippen molar-refractivity contribution in [1.82, 2.24) is 0 Å². The predicted octanol–water partition coefficient (Wildman–Crippen LogP) is 3.05. The third-order valence-corrected chi connectivity index (χ3v) is 6.33. The molecular formula is C18H31N3O12P2. The molecule has 1 rings (SSSR count). The summed E-state index contributed by atoms with van der Waals surface area (Å²) in [6.07, 6.45) is -3.44. The Morgan fingerprint density at radius 3 is 2.06 bits per heavy atom. The van der Waals surface area contributed by atoms with Gasteiger partial charge in [-0.05, 0) is 22.9 Å². The van der Waals surface area contributed by atoms with E-state index in [4.69, 9.17) is 37.8 Å². The second-order valence-electron chi connectivity index (χ2n) is 7.33. The molecule has 0 radical (unpaired) electrons. The highest BCUT2D eigenvalue weighted by molar-refractivity contribution is 7.48. The fraction of sp³-hybridized carbons (Fsp3) is 0.889. The molecule has 0 N–H and O–H groups in total. The van der Waals surface area contributed by atoms with Gasteiger partial charge in [0.15, 0.2) is 12.2 Å². The summed E-state index contributed by atoms with van der Waals surface area (Å²) in [7, 11) is -7.60. The molecule has 0 saturated carbocycles. The van der Waals surface area contributed by atoms with Gasteiger partial charge >= 0.3 is 28.0 Å². The molecule has 200 valence electrons. The highest BCUT2D eigenvalue weighted by atomic mass is 31.2. The maximum atomic E-state index is 13.1. The number of azide groups is 1. The predicted molar refractivity (Wildman–Crippen MR) is 117 cm³/mol. The van der Waals surface area contributed by atoms with E-state index in [1.165, 1.54) is 0 Å². The Kier molecular flexibility index (Phi) is 14.5. The normalized spacial score (nSPS) is 24.8. The summed E-state index contributed by atoms with van der Waals surface area (Å²) in [5.74, 6) is -1.68. The zero-order valence-corrected chi connectivity index (χ0v) is 21.8. The van der Waals surface area contributed by atoms with Crippen molar-refractivity contribution in [2.45, 2.75) is 84.0 Å². The number of hydrogen-bond donors (Lipinski definition) is 0. The monoisotopic (exact) mass is 543 g/mol. The SMILES string of the molecule is CCCCOP(=O)(OCCCC)OCC1O[C@@H](O[P+](=O)[O-])C(N=[N+]=[N-])[C@@H](OC(C)=O)[C@H]1OC(C)=O.